The number of hydrogen-bond acceptors (Lipinski definition) is 4. The summed E-state index contributed by atoms with van der Waals surface area (Å²) in [6, 6.07) is 22.2. The summed E-state index contributed by atoms with van der Waals surface area (Å²) in [6.07, 6.45) is 1.60. The van der Waals surface area contributed by atoms with Crippen LogP contribution in [0.3, 0.4) is 0 Å². The second-order valence-electron chi connectivity index (χ2n) is 6.61. The number of para-hydroxylation sites is 1. The molecule has 1 N–H and O–H groups in total. The maximum absolute atomic E-state index is 12.9. The first kappa shape index (κ1) is 18.4. The van der Waals surface area contributed by atoms with E-state index in [0.717, 1.165) is 17.1 Å². The van der Waals surface area contributed by atoms with Gasteiger partial charge in [0.25, 0.3) is 5.91 Å². The van der Waals surface area contributed by atoms with Crippen LogP contribution in [-0.4, -0.2) is 20.7 Å². The molecule has 0 unspecified atom stereocenters. The Morgan fingerprint density at radius 1 is 0.966 bits per heavy atom. The molecule has 2 aromatic heterocycles. The molecule has 0 spiro atoms. The van der Waals surface area contributed by atoms with Crippen LogP contribution >= 0.6 is 0 Å². The monoisotopic (exact) mass is 384 g/mol. The zero-order chi connectivity index (χ0) is 20.2. The molecule has 29 heavy (non-hydrogen) atoms. The highest BCUT2D eigenvalue weighted by molar-refractivity contribution is 6.06. The Morgan fingerprint density at radius 3 is 2.55 bits per heavy atom. The first-order valence-corrected chi connectivity index (χ1v) is 9.23. The van der Waals surface area contributed by atoms with Crippen molar-refractivity contribution in [1.82, 2.24) is 14.8 Å². The quantitative estimate of drug-likeness (QED) is 0.530. The van der Waals surface area contributed by atoms with Crippen molar-refractivity contribution in [3.63, 3.8) is 0 Å². The molecule has 6 heteroatoms. The molecule has 0 aliphatic heterocycles. The van der Waals surface area contributed by atoms with Crippen LogP contribution in [0.2, 0.25) is 0 Å². The third-order valence-electron chi connectivity index (χ3n) is 4.33. The van der Waals surface area contributed by atoms with E-state index in [1.807, 2.05) is 79.2 Å². The Hall–Kier alpha value is -3.93. The lowest BCUT2D eigenvalue weighted by Crippen LogP contribution is -2.14. The average molecular weight is 384 g/mol. The van der Waals surface area contributed by atoms with E-state index in [9.17, 15) is 4.79 Å². The third-order valence-corrected chi connectivity index (χ3v) is 4.33. The molecule has 2 aromatic carbocycles. The fourth-order valence-electron chi connectivity index (χ4n) is 3.05. The van der Waals surface area contributed by atoms with Gasteiger partial charge in [-0.1, -0.05) is 24.3 Å². The number of nitrogens with zero attached hydrogens (tertiary/aromatic N) is 3. The number of aryl methyl sites for hydroxylation is 2. The number of pyridine rings is 1. The van der Waals surface area contributed by atoms with Gasteiger partial charge in [-0.25, -0.2) is 9.67 Å². The summed E-state index contributed by atoms with van der Waals surface area (Å²) in [5.74, 6) is 0.576. The third kappa shape index (κ3) is 4.16. The standard InChI is InChI=1S/C23H20N4O2/c1-16-14-17(2)27(26-16)19-9-6-8-18(15-19)25-22(28)21-12-7-13-24-23(21)29-20-10-4-3-5-11-20/h3-15H,1-2H3,(H,25,28). The summed E-state index contributed by atoms with van der Waals surface area (Å²) in [4.78, 5) is 17.1. The van der Waals surface area contributed by atoms with Crippen molar-refractivity contribution in [3.8, 4) is 17.3 Å². The summed E-state index contributed by atoms with van der Waals surface area (Å²) in [5.41, 5.74) is 3.86. The topological polar surface area (TPSA) is 69.0 Å². The van der Waals surface area contributed by atoms with Crippen LogP contribution in [0.25, 0.3) is 5.69 Å². The molecule has 4 rings (SSSR count). The van der Waals surface area contributed by atoms with Crippen LogP contribution in [0.5, 0.6) is 11.6 Å². The number of hydrogen-bond donors (Lipinski definition) is 1. The number of benzene rings is 2. The van der Waals surface area contributed by atoms with Gasteiger partial charge in [0.2, 0.25) is 5.88 Å². The lowest BCUT2D eigenvalue weighted by molar-refractivity contribution is 0.102. The van der Waals surface area contributed by atoms with Crippen molar-refractivity contribution < 1.29 is 9.53 Å². The van der Waals surface area contributed by atoms with E-state index < -0.39 is 0 Å². The Morgan fingerprint density at radius 2 is 1.79 bits per heavy atom. The van der Waals surface area contributed by atoms with Gasteiger partial charge in [-0.05, 0) is 62.4 Å². The highest BCUT2D eigenvalue weighted by Crippen LogP contribution is 2.24. The molecule has 144 valence electrons. The summed E-state index contributed by atoms with van der Waals surface area (Å²) in [7, 11) is 0. The normalized spacial score (nSPS) is 10.6. The van der Waals surface area contributed by atoms with Crippen LogP contribution in [0.1, 0.15) is 21.7 Å². The van der Waals surface area contributed by atoms with Crippen molar-refractivity contribution >= 4 is 11.6 Å². The predicted molar refractivity (Wildman–Crippen MR) is 112 cm³/mol. The van der Waals surface area contributed by atoms with Crippen molar-refractivity contribution in [2.24, 2.45) is 0 Å². The van der Waals surface area contributed by atoms with Crippen LogP contribution in [0.15, 0.2) is 79.0 Å². The number of aromatic nitrogens is 3. The summed E-state index contributed by atoms with van der Waals surface area (Å²) >= 11 is 0. The van der Waals surface area contributed by atoms with E-state index in [1.165, 1.54) is 0 Å². The van der Waals surface area contributed by atoms with Gasteiger partial charge in [0.1, 0.15) is 11.3 Å². The number of anilines is 1. The van der Waals surface area contributed by atoms with Gasteiger partial charge in [0, 0.05) is 17.6 Å². The van der Waals surface area contributed by atoms with Gasteiger partial charge in [0.15, 0.2) is 0 Å². The molecular weight excluding hydrogens is 364 g/mol. The Kier molecular flexibility index (Phi) is 5.07. The average Bonchev–Trinajstić information content (AvgIpc) is 3.07. The van der Waals surface area contributed by atoms with E-state index >= 15 is 0 Å². The molecule has 0 atom stereocenters. The number of amides is 1. The Bertz CT molecular complexity index is 1150. The minimum atomic E-state index is -0.297. The van der Waals surface area contributed by atoms with Crippen molar-refractivity contribution in [2.75, 3.05) is 5.32 Å². The predicted octanol–water partition coefficient (Wildman–Crippen LogP) is 4.93. The summed E-state index contributed by atoms with van der Waals surface area (Å²) < 4.78 is 7.64. The van der Waals surface area contributed by atoms with Crippen molar-refractivity contribution in [3.05, 3.63) is 95.9 Å². The Labute approximate surface area is 168 Å². The van der Waals surface area contributed by atoms with E-state index in [-0.39, 0.29) is 11.8 Å². The fourth-order valence-corrected chi connectivity index (χ4v) is 3.05. The lowest BCUT2D eigenvalue weighted by Gasteiger charge is -2.11. The van der Waals surface area contributed by atoms with Gasteiger partial charge < -0.3 is 10.1 Å². The van der Waals surface area contributed by atoms with Crippen LogP contribution in [-0.2, 0) is 0 Å². The number of carbonyl (C=O) groups excluding carboxylic acids is 1. The molecule has 0 radical (unpaired) electrons. The minimum absolute atomic E-state index is 0.255. The lowest BCUT2D eigenvalue weighted by atomic mass is 10.2. The van der Waals surface area contributed by atoms with Gasteiger partial charge in [-0.3, -0.25) is 4.79 Å². The SMILES string of the molecule is Cc1cc(C)n(-c2cccc(NC(=O)c3cccnc3Oc3ccccc3)c2)n1. The first-order valence-electron chi connectivity index (χ1n) is 9.23. The van der Waals surface area contributed by atoms with E-state index in [4.69, 9.17) is 4.74 Å². The summed E-state index contributed by atoms with van der Waals surface area (Å²) in [5, 5.41) is 7.41. The van der Waals surface area contributed by atoms with Crippen molar-refractivity contribution in [2.45, 2.75) is 13.8 Å². The van der Waals surface area contributed by atoms with E-state index in [2.05, 4.69) is 15.4 Å². The molecule has 4 aromatic rings. The van der Waals surface area contributed by atoms with E-state index in [1.54, 1.807) is 18.3 Å². The number of nitrogens with one attached hydrogen (secondary N) is 1. The molecule has 0 aliphatic rings. The number of carbonyl (C=O) groups is 1. The van der Waals surface area contributed by atoms with Crippen LogP contribution in [0.4, 0.5) is 5.69 Å². The van der Waals surface area contributed by atoms with E-state index in [0.29, 0.717) is 17.0 Å². The fraction of sp³-hybridized carbons (Fsp3) is 0.0870. The number of rotatable bonds is 5. The summed E-state index contributed by atoms with van der Waals surface area (Å²) in [6.45, 7) is 3.94. The Balaban J connectivity index is 1.58. The molecule has 0 saturated carbocycles. The molecule has 0 saturated heterocycles. The largest absolute Gasteiger partial charge is 0.438 e. The maximum atomic E-state index is 12.9. The van der Waals surface area contributed by atoms with Crippen molar-refractivity contribution in [1.29, 1.82) is 0 Å². The highest BCUT2D eigenvalue weighted by Gasteiger charge is 2.15. The molecular formula is C23H20N4O2. The van der Waals surface area contributed by atoms with Gasteiger partial charge in [-0.2, -0.15) is 5.10 Å². The zero-order valence-corrected chi connectivity index (χ0v) is 16.2. The maximum Gasteiger partial charge on any atom is 0.261 e. The highest BCUT2D eigenvalue weighted by atomic mass is 16.5. The molecule has 6 nitrogen and oxygen atoms in total. The molecule has 0 aliphatic carbocycles. The smallest absolute Gasteiger partial charge is 0.261 e. The van der Waals surface area contributed by atoms with Crippen LogP contribution < -0.4 is 10.1 Å². The molecule has 1 amide bonds. The van der Waals surface area contributed by atoms with Gasteiger partial charge in [-0.15, -0.1) is 0 Å². The molecule has 0 bridgehead atoms. The second-order valence-corrected chi connectivity index (χ2v) is 6.61. The van der Waals surface area contributed by atoms with Gasteiger partial charge >= 0.3 is 0 Å². The second kappa shape index (κ2) is 7.98. The number of ether oxygens (including phenoxy) is 1. The van der Waals surface area contributed by atoms with Gasteiger partial charge in [0.05, 0.1) is 11.4 Å². The zero-order valence-electron chi connectivity index (χ0n) is 16.2. The molecule has 2 heterocycles. The first-order chi connectivity index (χ1) is 14.1. The molecule has 0 fully saturated rings. The minimum Gasteiger partial charge on any atom is -0.438 e. The van der Waals surface area contributed by atoms with Crippen LogP contribution in [0, 0.1) is 13.8 Å².